The van der Waals surface area contributed by atoms with Crippen LogP contribution in [-0.2, 0) is 26.1 Å². The van der Waals surface area contributed by atoms with Crippen molar-refractivity contribution in [1.29, 1.82) is 0 Å². The minimum absolute atomic E-state index is 0.318. The molecule has 1 aliphatic rings. The lowest BCUT2D eigenvalue weighted by Crippen LogP contribution is -2.26. The van der Waals surface area contributed by atoms with Crippen LogP contribution in [-0.4, -0.2) is 42.7 Å². The molecule has 0 N–H and O–H groups in total. The fourth-order valence-corrected chi connectivity index (χ4v) is 2.82. The van der Waals surface area contributed by atoms with Crippen molar-refractivity contribution in [2.45, 2.75) is 26.1 Å². The summed E-state index contributed by atoms with van der Waals surface area (Å²) in [5.41, 5.74) is 1.19. The van der Waals surface area contributed by atoms with Gasteiger partial charge in [0, 0.05) is 50.6 Å². The first-order valence-electron chi connectivity index (χ1n) is 7.93. The topological polar surface area (TPSA) is 82.1 Å². The van der Waals surface area contributed by atoms with Crippen LogP contribution in [0.2, 0.25) is 0 Å². The van der Waals surface area contributed by atoms with Gasteiger partial charge in [-0.1, -0.05) is 0 Å². The third-order valence-electron chi connectivity index (χ3n) is 4.05. The number of rotatable bonds is 5. The van der Waals surface area contributed by atoms with Gasteiger partial charge in [-0.2, -0.15) is 0 Å². The van der Waals surface area contributed by atoms with Gasteiger partial charge in [-0.05, 0) is 12.1 Å². The summed E-state index contributed by atoms with van der Waals surface area (Å²) in [6, 6.07) is 4.11. The lowest BCUT2D eigenvalue weighted by atomic mass is 10.3. The molecule has 3 aromatic heterocycles. The van der Waals surface area contributed by atoms with E-state index in [0.717, 1.165) is 44.2 Å². The average molecular weight is 326 g/mol. The Morgan fingerprint density at radius 1 is 1.12 bits per heavy atom. The van der Waals surface area contributed by atoms with E-state index in [1.165, 1.54) is 5.56 Å². The van der Waals surface area contributed by atoms with Crippen LogP contribution in [0.4, 0.5) is 0 Å². The Balaban J connectivity index is 1.40. The number of fused-ring (bicyclic) bond motifs is 1. The van der Waals surface area contributed by atoms with E-state index in [1.807, 2.05) is 6.07 Å². The monoisotopic (exact) mass is 326 g/mol. The summed E-state index contributed by atoms with van der Waals surface area (Å²) in [6.07, 6.45) is 7.68. The van der Waals surface area contributed by atoms with Crippen LogP contribution in [0.3, 0.4) is 0 Å². The molecule has 4 rings (SSSR count). The number of nitrogens with zero attached hydrogens (tertiary/aromatic N) is 6. The summed E-state index contributed by atoms with van der Waals surface area (Å²) in [5.74, 6) is 1.81. The van der Waals surface area contributed by atoms with Gasteiger partial charge in [-0.15, -0.1) is 10.2 Å². The zero-order chi connectivity index (χ0) is 16.2. The van der Waals surface area contributed by atoms with Gasteiger partial charge in [-0.3, -0.25) is 4.90 Å². The summed E-state index contributed by atoms with van der Waals surface area (Å²) in [6.45, 7) is 3.93. The predicted molar refractivity (Wildman–Crippen MR) is 84.1 cm³/mol. The van der Waals surface area contributed by atoms with Crippen molar-refractivity contribution >= 4 is 0 Å². The summed E-state index contributed by atoms with van der Waals surface area (Å²) < 4.78 is 12.9. The molecule has 0 bridgehead atoms. The van der Waals surface area contributed by atoms with Crippen molar-refractivity contribution in [2.24, 2.45) is 0 Å². The van der Waals surface area contributed by atoms with E-state index >= 15 is 0 Å². The Morgan fingerprint density at radius 2 is 2.04 bits per heavy atom. The molecule has 0 saturated heterocycles. The molecule has 124 valence electrons. The van der Waals surface area contributed by atoms with Crippen molar-refractivity contribution in [2.75, 3.05) is 13.1 Å². The van der Waals surface area contributed by atoms with Crippen LogP contribution in [0, 0.1) is 0 Å². The van der Waals surface area contributed by atoms with Gasteiger partial charge < -0.3 is 13.7 Å². The smallest absolute Gasteiger partial charge is 0.316 e. The summed E-state index contributed by atoms with van der Waals surface area (Å²) in [5, 5.41) is 8.56. The van der Waals surface area contributed by atoms with Crippen LogP contribution in [0.25, 0.3) is 0 Å². The Kier molecular flexibility index (Phi) is 4.20. The van der Waals surface area contributed by atoms with E-state index in [4.69, 9.17) is 9.15 Å². The fraction of sp³-hybridized carbons (Fsp3) is 0.375. The van der Waals surface area contributed by atoms with Crippen LogP contribution >= 0.6 is 0 Å². The van der Waals surface area contributed by atoms with Crippen LogP contribution in [0.1, 0.15) is 17.2 Å². The van der Waals surface area contributed by atoms with E-state index in [9.17, 15) is 0 Å². The first-order chi connectivity index (χ1) is 11.9. The van der Waals surface area contributed by atoms with Gasteiger partial charge in [-0.25, -0.2) is 9.97 Å². The first-order valence-corrected chi connectivity index (χ1v) is 7.93. The maximum atomic E-state index is 5.60. The molecule has 0 amide bonds. The van der Waals surface area contributed by atoms with E-state index in [-0.39, 0.29) is 0 Å². The van der Waals surface area contributed by atoms with E-state index < -0.39 is 0 Å². The molecule has 0 aromatic carbocycles. The highest BCUT2D eigenvalue weighted by Gasteiger charge is 2.19. The highest BCUT2D eigenvalue weighted by atomic mass is 16.5. The van der Waals surface area contributed by atoms with Gasteiger partial charge >= 0.3 is 6.01 Å². The van der Waals surface area contributed by atoms with Gasteiger partial charge in [0.05, 0.1) is 12.5 Å². The molecular weight excluding hydrogens is 308 g/mol. The van der Waals surface area contributed by atoms with Gasteiger partial charge in [0.15, 0.2) is 12.4 Å². The highest BCUT2D eigenvalue weighted by molar-refractivity contribution is 5.06. The van der Waals surface area contributed by atoms with Crippen LogP contribution in [0.5, 0.6) is 6.01 Å². The molecule has 3 aromatic rings. The molecule has 0 atom stereocenters. The van der Waals surface area contributed by atoms with Crippen LogP contribution < -0.4 is 4.74 Å². The Labute approximate surface area is 139 Å². The fourth-order valence-electron chi connectivity index (χ4n) is 2.82. The quantitative estimate of drug-likeness (QED) is 0.699. The van der Waals surface area contributed by atoms with Crippen molar-refractivity contribution < 1.29 is 9.15 Å². The molecule has 8 heteroatoms. The van der Waals surface area contributed by atoms with Crippen molar-refractivity contribution in [3.63, 3.8) is 0 Å². The van der Waals surface area contributed by atoms with Gasteiger partial charge in [0.2, 0.25) is 0 Å². The summed E-state index contributed by atoms with van der Waals surface area (Å²) in [7, 11) is 0. The second-order valence-corrected chi connectivity index (χ2v) is 5.66. The molecular formula is C16H18N6O2. The van der Waals surface area contributed by atoms with E-state index in [0.29, 0.717) is 12.6 Å². The van der Waals surface area contributed by atoms with Crippen molar-refractivity contribution in [1.82, 2.24) is 29.6 Å². The van der Waals surface area contributed by atoms with Gasteiger partial charge in [0.1, 0.15) is 5.82 Å². The molecule has 0 spiro atoms. The zero-order valence-electron chi connectivity index (χ0n) is 13.2. The average Bonchev–Trinajstić information content (AvgIpc) is 3.21. The maximum Gasteiger partial charge on any atom is 0.316 e. The maximum absolute atomic E-state index is 5.60. The SMILES string of the molecule is c1cnc(OCc2nnc3n2CCN(Cc2ccoc2)CC3)nc1. The number of ether oxygens (including phenoxy) is 1. The molecule has 0 saturated carbocycles. The minimum atomic E-state index is 0.318. The molecule has 4 heterocycles. The summed E-state index contributed by atoms with van der Waals surface area (Å²) >= 11 is 0. The number of aromatic nitrogens is 5. The highest BCUT2D eigenvalue weighted by Crippen LogP contribution is 2.13. The van der Waals surface area contributed by atoms with Crippen LogP contribution in [0.15, 0.2) is 41.5 Å². The Morgan fingerprint density at radius 3 is 2.88 bits per heavy atom. The molecule has 0 fully saturated rings. The minimum Gasteiger partial charge on any atom is -0.472 e. The number of hydrogen-bond acceptors (Lipinski definition) is 7. The standard InChI is InChI=1S/C16H18N6O2/c1-4-17-16(18-5-1)24-12-15-20-19-14-2-6-21(7-8-22(14)15)10-13-3-9-23-11-13/h1,3-5,9,11H,2,6-8,10,12H2. The second kappa shape index (κ2) is 6.79. The van der Waals surface area contributed by atoms with Crippen molar-refractivity contribution in [3.8, 4) is 6.01 Å². The third kappa shape index (κ3) is 3.28. The normalized spacial score (nSPS) is 15.0. The molecule has 8 nitrogen and oxygen atoms in total. The lowest BCUT2D eigenvalue weighted by Gasteiger charge is -2.18. The molecule has 0 aliphatic carbocycles. The second-order valence-electron chi connectivity index (χ2n) is 5.66. The predicted octanol–water partition coefficient (Wildman–Crippen LogP) is 1.30. The number of hydrogen-bond donors (Lipinski definition) is 0. The Hall–Kier alpha value is -2.74. The lowest BCUT2D eigenvalue weighted by molar-refractivity contribution is 0.253. The van der Waals surface area contributed by atoms with E-state index in [2.05, 4.69) is 29.6 Å². The third-order valence-corrected chi connectivity index (χ3v) is 4.05. The van der Waals surface area contributed by atoms with E-state index in [1.54, 1.807) is 31.0 Å². The Bertz CT molecular complexity index is 771. The first kappa shape index (κ1) is 14.8. The molecule has 0 unspecified atom stereocenters. The molecule has 24 heavy (non-hydrogen) atoms. The van der Waals surface area contributed by atoms with Crippen molar-refractivity contribution in [3.05, 3.63) is 54.3 Å². The van der Waals surface area contributed by atoms with Gasteiger partial charge in [0.25, 0.3) is 0 Å². The zero-order valence-corrected chi connectivity index (χ0v) is 13.2. The summed E-state index contributed by atoms with van der Waals surface area (Å²) in [4.78, 5) is 10.5. The number of furan rings is 1. The largest absolute Gasteiger partial charge is 0.472 e. The molecule has 0 radical (unpaired) electrons. The molecule has 1 aliphatic heterocycles.